The molecule has 0 saturated carbocycles. The van der Waals surface area contributed by atoms with Gasteiger partial charge in [-0.1, -0.05) is 18.2 Å². The Morgan fingerprint density at radius 1 is 1.44 bits per heavy atom. The number of carbonyl (C=O) groups excluding carboxylic acids is 1. The van der Waals surface area contributed by atoms with Crippen molar-refractivity contribution in [2.45, 2.75) is 0 Å². The Morgan fingerprint density at radius 2 is 2.12 bits per heavy atom. The Balaban J connectivity index is 2.42. The second kappa shape index (κ2) is 6.73. The van der Waals surface area contributed by atoms with E-state index < -0.39 is 6.09 Å². The molecule has 6 heteroatoms. The van der Waals surface area contributed by atoms with Crippen molar-refractivity contribution in [1.82, 2.24) is 5.32 Å². The van der Waals surface area contributed by atoms with E-state index in [-0.39, 0.29) is 5.96 Å². The second-order valence-electron chi connectivity index (χ2n) is 2.82. The molecule has 1 aromatic carbocycles. The third-order valence-corrected chi connectivity index (χ3v) is 1.77. The number of benzene rings is 1. The molecular weight excluding hydrogens is 226 g/mol. The quantitative estimate of drug-likeness (QED) is 0.419. The maximum atomic E-state index is 11.3. The predicted octanol–water partition coefficient (Wildman–Crippen LogP) is 1.02. The number of aliphatic imine (C=N–C) groups is 1. The maximum Gasteiger partial charge on any atom is 0.419 e. The first kappa shape index (κ1) is 12.4. The Hall–Kier alpha value is -1.69. The molecule has 3 N–H and O–H groups in total. The number of guanidine groups is 1. The van der Waals surface area contributed by atoms with Gasteiger partial charge in [-0.05, 0) is 12.1 Å². The van der Waals surface area contributed by atoms with E-state index >= 15 is 0 Å². The first-order valence-corrected chi connectivity index (χ1v) is 5.30. The van der Waals surface area contributed by atoms with Crippen molar-refractivity contribution in [2.75, 3.05) is 12.3 Å². The number of rotatable bonds is 3. The second-order valence-corrected chi connectivity index (χ2v) is 3.27. The Morgan fingerprint density at radius 3 is 2.75 bits per heavy atom. The standard InChI is InChI=1S/C10H13N3O2S/c11-9(12-6-7-16)13-10(14)15-8-4-2-1-3-5-8/h1-5,16H,6-7H2,(H3,11,12,13,14). The summed E-state index contributed by atoms with van der Waals surface area (Å²) in [5.41, 5.74) is 5.42. The highest BCUT2D eigenvalue weighted by atomic mass is 32.1. The Labute approximate surface area is 99.1 Å². The molecule has 0 unspecified atom stereocenters. The van der Waals surface area contributed by atoms with Crippen LogP contribution in [0.2, 0.25) is 0 Å². The largest absolute Gasteiger partial charge is 0.419 e. The van der Waals surface area contributed by atoms with E-state index in [2.05, 4.69) is 22.9 Å². The van der Waals surface area contributed by atoms with Gasteiger partial charge < -0.3 is 10.5 Å². The first-order valence-electron chi connectivity index (χ1n) is 4.67. The Bertz CT molecular complexity index is 368. The highest BCUT2D eigenvalue weighted by Gasteiger charge is 2.04. The van der Waals surface area contributed by atoms with Gasteiger partial charge in [0.15, 0.2) is 5.96 Å². The van der Waals surface area contributed by atoms with Gasteiger partial charge >= 0.3 is 6.09 Å². The normalized spacial score (nSPS) is 10.9. The van der Waals surface area contributed by atoms with Crippen LogP contribution in [0.15, 0.2) is 35.3 Å². The summed E-state index contributed by atoms with van der Waals surface area (Å²) in [6.07, 6.45) is -0.661. The zero-order valence-corrected chi connectivity index (χ0v) is 9.48. The molecule has 0 bridgehead atoms. The number of ether oxygens (including phenoxy) is 1. The van der Waals surface area contributed by atoms with Crippen molar-refractivity contribution in [3.05, 3.63) is 30.3 Å². The molecular formula is C10H13N3O2S. The molecule has 86 valence electrons. The summed E-state index contributed by atoms with van der Waals surface area (Å²) in [5.74, 6) is 1.04. The van der Waals surface area contributed by atoms with Crippen LogP contribution in [0, 0.1) is 0 Å². The van der Waals surface area contributed by atoms with E-state index in [4.69, 9.17) is 10.5 Å². The number of amides is 1. The minimum absolute atomic E-state index is 0.0231. The van der Waals surface area contributed by atoms with Gasteiger partial charge in [0.2, 0.25) is 0 Å². The van der Waals surface area contributed by atoms with Gasteiger partial charge in [-0.15, -0.1) is 0 Å². The highest BCUT2D eigenvalue weighted by molar-refractivity contribution is 7.80. The first-order chi connectivity index (χ1) is 7.72. The molecule has 0 aliphatic rings. The van der Waals surface area contributed by atoms with Crippen LogP contribution in [0.5, 0.6) is 5.75 Å². The number of nitrogens with zero attached hydrogens (tertiary/aromatic N) is 1. The van der Waals surface area contributed by atoms with E-state index in [0.29, 0.717) is 18.0 Å². The van der Waals surface area contributed by atoms with Crippen molar-refractivity contribution in [1.29, 1.82) is 0 Å². The van der Waals surface area contributed by atoms with Gasteiger partial charge in [-0.25, -0.2) is 4.79 Å². The lowest BCUT2D eigenvalue weighted by Gasteiger charge is -2.05. The molecule has 0 aromatic heterocycles. The molecule has 0 aliphatic heterocycles. The fraction of sp³-hybridized carbons (Fsp3) is 0.200. The highest BCUT2D eigenvalue weighted by Crippen LogP contribution is 2.07. The summed E-state index contributed by atoms with van der Waals surface area (Å²) in [6, 6.07) is 8.69. The fourth-order valence-corrected chi connectivity index (χ4v) is 1.04. The number of nitrogens with one attached hydrogen (secondary N) is 1. The van der Waals surface area contributed by atoms with Crippen LogP contribution in [0.4, 0.5) is 4.79 Å². The van der Waals surface area contributed by atoms with E-state index in [1.54, 1.807) is 24.3 Å². The summed E-state index contributed by atoms with van der Waals surface area (Å²) >= 11 is 3.96. The van der Waals surface area contributed by atoms with Crippen molar-refractivity contribution >= 4 is 24.7 Å². The van der Waals surface area contributed by atoms with Gasteiger partial charge in [0.25, 0.3) is 0 Å². The van der Waals surface area contributed by atoms with Crippen LogP contribution in [0.3, 0.4) is 0 Å². The van der Waals surface area contributed by atoms with Crippen LogP contribution < -0.4 is 15.8 Å². The summed E-state index contributed by atoms with van der Waals surface area (Å²) in [7, 11) is 0. The molecule has 0 saturated heterocycles. The zero-order chi connectivity index (χ0) is 11.8. The van der Waals surface area contributed by atoms with Crippen LogP contribution in [-0.2, 0) is 0 Å². The summed E-state index contributed by atoms with van der Waals surface area (Å²) < 4.78 is 4.94. The zero-order valence-electron chi connectivity index (χ0n) is 8.59. The summed E-state index contributed by atoms with van der Waals surface area (Å²) in [6.45, 7) is 0.445. The van der Waals surface area contributed by atoms with Crippen molar-refractivity contribution < 1.29 is 9.53 Å². The van der Waals surface area contributed by atoms with Gasteiger partial charge in [0.05, 0.1) is 6.54 Å². The predicted molar refractivity (Wildman–Crippen MR) is 65.9 cm³/mol. The van der Waals surface area contributed by atoms with Gasteiger partial charge in [0, 0.05) is 5.75 Å². The number of nitrogens with two attached hydrogens (primary N) is 1. The van der Waals surface area contributed by atoms with Gasteiger partial charge in [-0.2, -0.15) is 12.6 Å². The van der Waals surface area contributed by atoms with Crippen LogP contribution in [0.25, 0.3) is 0 Å². The SMILES string of the molecule is NC(=NCCS)NC(=O)Oc1ccccc1. The molecule has 0 aliphatic carbocycles. The smallest absolute Gasteiger partial charge is 0.410 e. The summed E-state index contributed by atoms with van der Waals surface area (Å²) in [4.78, 5) is 15.1. The minimum atomic E-state index is -0.661. The van der Waals surface area contributed by atoms with E-state index in [0.717, 1.165) is 0 Å². The van der Waals surface area contributed by atoms with Crippen LogP contribution >= 0.6 is 12.6 Å². The average molecular weight is 239 g/mol. The van der Waals surface area contributed by atoms with Crippen molar-refractivity contribution in [2.24, 2.45) is 10.7 Å². The average Bonchev–Trinajstić information content (AvgIpc) is 2.27. The molecule has 5 nitrogen and oxygen atoms in total. The lowest BCUT2D eigenvalue weighted by atomic mass is 10.3. The van der Waals surface area contributed by atoms with Crippen LogP contribution in [0.1, 0.15) is 0 Å². The molecule has 0 fully saturated rings. The lowest BCUT2D eigenvalue weighted by Crippen LogP contribution is -2.38. The maximum absolute atomic E-state index is 11.3. The summed E-state index contributed by atoms with van der Waals surface area (Å²) in [5, 5.41) is 2.30. The van der Waals surface area contributed by atoms with Crippen molar-refractivity contribution in [3.63, 3.8) is 0 Å². The van der Waals surface area contributed by atoms with E-state index in [1.807, 2.05) is 6.07 Å². The molecule has 16 heavy (non-hydrogen) atoms. The number of para-hydroxylation sites is 1. The number of carbonyl (C=O) groups is 1. The Kier molecular flexibility index (Phi) is 5.21. The van der Waals surface area contributed by atoms with Gasteiger partial charge in [0.1, 0.15) is 5.75 Å². The third-order valence-electron chi connectivity index (χ3n) is 1.57. The molecule has 0 radical (unpaired) electrons. The van der Waals surface area contributed by atoms with E-state index in [1.165, 1.54) is 0 Å². The molecule has 0 atom stereocenters. The third kappa shape index (κ3) is 4.70. The molecule has 0 heterocycles. The van der Waals surface area contributed by atoms with Gasteiger partial charge in [-0.3, -0.25) is 10.3 Å². The molecule has 1 rings (SSSR count). The fourth-order valence-electron chi connectivity index (χ4n) is 0.936. The molecule has 1 aromatic rings. The number of thiol groups is 1. The number of hydrogen-bond donors (Lipinski definition) is 3. The monoisotopic (exact) mass is 239 g/mol. The lowest BCUT2D eigenvalue weighted by molar-refractivity contribution is 0.206. The van der Waals surface area contributed by atoms with Crippen molar-refractivity contribution in [3.8, 4) is 5.75 Å². The van der Waals surface area contributed by atoms with E-state index in [9.17, 15) is 4.79 Å². The topological polar surface area (TPSA) is 76.7 Å². The van der Waals surface area contributed by atoms with Crippen LogP contribution in [-0.4, -0.2) is 24.4 Å². The number of hydrogen-bond acceptors (Lipinski definition) is 4. The molecule has 0 spiro atoms. The minimum Gasteiger partial charge on any atom is -0.410 e. The molecule has 1 amide bonds.